The Morgan fingerprint density at radius 2 is 1.86 bits per heavy atom. The fraction of sp³-hybridized carbons (Fsp3) is 0.0588. The lowest BCUT2D eigenvalue weighted by Crippen LogP contribution is -2.30. The average Bonchev–Trinajstić information content (AvgIpc) is 2.74. The molecule has 21 heavy (non-hydrogen) atoms. The lowest BCUT2D eigenvalue weighted by atomic mass is 10.2. The van der Waals surface area contributed by atoms with E-state index in [1.54, 1.807) is 0 Å². The van der Waals surface area contributed by atoms with Gasteiger partial charge in [0.15, 0.2) is 5.11 Å². The molecule has 104 valence electrons. The Labute approximate surface area is 128 Å². The molecule has 1 amide bonds. The summed E-state index contributed by atoms with van der Waals surface area (Å²) in [5.41, 5.74) is 3.33. The largest absolute Gasteiger partial charge is 0.327 e. The number of nitrogens with zero attached hydrogens (tertiary/aromatic N) is 1. The highest BCUT2D eigenvalue weighted by Crippen LogP contribution is 2.23. The van der Waals surface area contributed by atoms with Crippen molar-refractivity contribution in [3.63, 3.8) is 0 Å². The zero-order valence-electron chi connectivity index (χ0n) is 11.5. The van der Waals surface area contributed by atoms with Gasteiger partial charge in [0.1, 0.15) is 5.70 Å². The van der Waals surface area contributed by atoms with Crippen LogP contribution in [0.5, 0.6) is 0 Å². The van der Waals surface area contributed by atoms with Gasteiger partial charge in [-0.15, -0.1) is 0 Å². The fourth-order valence-corrected chi connectivity index (χ4v) is 2.55. The summed E-state index contributed by atoms with van der Waals surface area (Å²) in [5, 5.41) is 3.40. The maximum absolute atomic E-state index is 12.5. The molecular weight excluding hydrogens is 280 g/mol. The van der Waals surface area contributed by atoms with Gasteiger partial charge in [-0.1, -0.05) is 42.5 Å². The molecule has 0 spiro atoms. The van der Waals surface area contributed by atoms with Crippen molar-refractivity contribution in [2.45, 2.75) is 6.92 Å². The van der Waals surface area contributed by atoms with Crippen molar-refractivity contribution in [3.8, 4) is 0 Å². The summed E-state index contributed by atoms with van der Waals surface area (Å²) in [6.45, 7) is 1.99. The highest BCUT2D eigenvalue weighted by molar-refractivity contribution is 7.80. The number of rotatable bonds is 2. The molecule has 0 aromatic heterocycles. The molecule has 1 aliphatic rings. The van der Waals surface area contributed by atoms with E-state index in [1.165, 1.54) is 4.90 Å². The summed E-state index contributed by atoms with van der Waals surface area (Å²) in [7, 11) is 0. The van der Waals surface area contributed by atoms with Gasteiger partial charge in [0.2, 0.25) is 0 Å². The molecule has 3 rings (SSSR count). The van der Waals surface area contributed by atoms with Crippen LogP contribution in [0.2, 0.25) is 0 Å². The van der Waals surface area contributed by atoms with E-state index in [4.69, 9.17) is 12.2 Å². The molecule has 1 heterocycles. The predicted octanol–water partition coefficient (Wildman–Crippen LogP) is 3.26. The summed E-state index contributed by atoms with van der Waals surface area (Å²) in [5.74, 6) is -0.130. The Bertz CT molecular complexity index is 737. The third kappa shape index (κ3) is 2.71. The topological polar surface area (TPSA) is 32.3 Å². The molecule has 1 saturated heterocycles. The van der Waals surface area contributed by atoms with Crippen molar-refractivity contribution < 1.29 is 4.79 Å². The lowest BCUT2D eigenvalue weighted by molar-refractivity contribution is -0.113. The van der Waals surface area contributed by atoms with Crippen molar-refractivity contribution in [2.24, 2.45) is 0 Å². The van der Waals surface area contributed by atoms with E-state index < -0.39 is 0 Å². The van der Waals surface area contributed by atoms with Crippen LogP contribution in [0.1, 0.15) is 11.1 Å². The zero-order chi connectivity index (χ0) is 14.8. The van der Waals surface area contributed by atoms with Gasteiger partial charge in [-0.25, -0.2) is 0 Å². The van der Waals surface area contributed by atoms with Gasteiger partial charge >= 0.3 is 0 Å². The second-order valence-electron chi connectivity index (χ2n) is 4.88. The van der Waals surface area contributed by atoms with Crippen LogP contribution in [0.25, 0.3) is 6.08 Å². The van der Waals surface area contributed by atoms with Crippen LogP contribution in [-0.4, -0.2) is 11.0 Å². The van der Waals surface area contributed by atoms with E-state index in [0.717, 1.165) is 16.8 Å². The SMILES string of the molecule is Cc1cccc(N2C(=O)C(=Cc3ccccc3)NC2=S)c1. The lowest BCUT2D eigenvalue weighted by Gasteiger charge is -2.14. The first-order chi connectivity index (χ1) is 10.1. The first-order valence-corrected chi connectivity index (χ1v) is 7.05. The van der Waals surface area contributed by atoms with Crippen LogP contribution >= 0.6 is 12.2 Å². The Hall–Kier alpha value is -2.46. The smallest absolute Gasteiger partial charge is 0.281 e. The molecule has 0 saturated carbocycles. The van der Waals surface area contributed by atoms with Crippen molar-refractivity contribution in [1.29, 1.82) is 0 Å². The molecule has 0 unspecified atom stereocenters. The predicted molar refractivity (Wildman–Crippen MR) is 88.8 cm³/mol. The third-order valence-corrected chi connectivity index (χ3v) is 3.53. The van der Waals surface area contributed by atoms with Gasteiger partial charge < -0.3 is 5.32 Å². The minimum absolute atomic E-state index is 0.130. The van der Waals surface area contributed by atoms with Gasteiger partial charge in [-0.2, -0.15) is 0 Å². The number of aryl methyl sites for hydroxylation is 1. The zero-order valence-corrected chi connectivity index (χ0v) is 12.4. The van der Waals surface area contributed by atoms with E-state index in [1.807, 2.05) is 67.6 Å². The quantitative estimate of drug-likeness (QED) is 0.681. The summed E-state index contributed by atoms with van der Waals surface area (Å²) in [6.07, 6.45) is 1.81. The Morgan fingerprint density at radius 3 is 2.57 bits per heavy atom. The number of amides is 1. The number of carbonyl (C=O) groups is 1. The first kappa shape index (κ1) is 13.5. The minimum atomic E-state index is -0.130. The molecule has 0 radical (unpaired) electrons. The Kier molecular flexibility index (Phi) is 3.54. The maximum atomic E-state index is 12.5. The molecule has 1 N–H and O–H groups in total. The molecule has 3 nitrogen and oxygen atoms in total. The molecule has 1 fully saturated rings. The minimum Gasteiger partial charge on any atom is -0.327 e. The molecular formula is C17H14N2OS. The van der Waals surface area contributed by atoms with Gasteiger partial charge in [-0.3, -0.25) is 9.69 Å². The van der Waals surface area contributed by atoms with Crippen molar-refractivity contribution in [2.75, 3.05) is 4.90 Å². The van der Waals surface area contributed by atoms with E-state index in [-0.39, 0.29) is 5.91 Å². The number of thiocarbonyl (C=S) groups is 1. The highest BCUT2D eigenvalue weighted by atomic mass is 32.1. The molecule has 0 aliphatic carbocycles. The number of hydrogen-bond acceptors (Lipinski definition) is 2. The van der Waals surface area contributed by atoms with Crippen molar-refractivity contribution in [1.82, 2.24) is 5.32 Å². The normalized spacial score (nSPS) is 16.4. The highest BCUT2D eigenvalue weighted by Gasteiger charge is 2.31. The van der Waals surface area contributed by atoms with Crippen LogP contribution in [0.3, 0.4) is 0 Å². The second kappa shape index (κ2) is 5.50. The average molecular weight is 294 g/mol. The Balaban J connectivity index is 1.94. The molecule has 1 aliphatic heterocycles. The van der Waals surface area contributed by atoms with Crippen LogP contribution in [0.15, 0.2) is 60.3 Å². The molecule has 0 bridgehead atoms. The van der Waals surface area contributed by atoms with Crippen molar-refractivity contribution >= 4 is 35.0 Å². The molecule has 0 atom stereocenters. The van der Waals surface area contributed by atoms with Crippen LogP contribution < -0.4 is 10.2 Å². The van der Waals surface area contributed by atoms with Crippen molar-refractivity contribution in [3.05, 3.63) is 71.4 Å². The molecule has 2 aromatic carbocycles. The molecule has 2 aromatic rings. The first-order valence-electron chi connectivity index (χ1n) is 6.64. The fourth-order valence-electron chi connectivity index (χ4n) is 2.25. The monoisotopic (exact) mass is 294 g/mol. The van der Waals surface area contributed by atoms with Gasteiger partial charge in [0, 0.05) is 0 Å². The number of nitrogens with one attached hydrogen (secondary N) is 1. The van der Waals surface area contributed by atoms with Crippen LogP contribution in [-0.2, 0) is 4.79 Å². The summed E-state index contributed by atoms with van der Waals surface area (Å²) in [6, 6.07) is 17.4. The summed E-state index contributed by atoms with van der Waals surface area (Å²) < 4.78 is 0. The van der Waals surface area contributed by atoms with Gasteiger partial charge in [0.05, 0.1) is 5.69 Å². The van der Waals surface area contributed by atoms with Gasteiger partial charge in [-0.05, 0) is 48.5 Å². The number of benzene rings is 2. The standard InChI is InChI=1S/C17H14N2OS/c1-12-6-5-9-14(10-12)19-16(20)15(18-17(19)21)11-13-7-3-2-4-8-13/h2-11H,1H3,(H,18,21). The van der Waals surface area contributed by atoms with Gasteiger partial charge in [0.25, 0.3) is 5.91 Å². The maximum Gasteiger partial charge on any atom is 0.281 e. The molecule has 4 heteroatoms. The van der Waals surface area contributed by atoms with E-state index >= 15 is 0 Å². The number of carbonyl (C=O) groups excluding carboxylic acids is 1. The second-order valence-corrected chi connectivity index (χ2v) is 5.27. The van der Waals surface area contributed by atoms with Crippen LogP contribution in [0, 0.1) is 6.92 Å². The van der Waals surface area contributed by atoms with E-state index in [2.05, 4.69) is 5.32 Å². The number of hydrogen-bond donors (Lipinski definition) is 1. The van der Waals surface area contributed by atoms with Crippen LogP contribution in [0.4, 0.5) is 5.69 Å². The van der Waals surface area contributed by atoms with E-state index in [0.29, 0.717) is 10.8 Å². The Morgan fingerprint density at radius 1 is 1.10 bits per heavy atom. The third-order valence-electron chi connectivity index (χ3n) is 3.25. The van der Waals surface area contributed by atoms with E-state index in [9.17, 15) is 4.79 Å². The summed E-state index contributed by atoms with van der Waals surface area (Å²) >= 11 is 5.29. The number of anilines is 1. The summed E-state index contributed by atoms with van der Waals surface area (Å²) in [4.78, 5) is 14.1.